The van der Waals surface area contributed by atoms with Crippen LogP contribution in [0.2, 0.25) is 0 Å². The minimum atomic E-state index is -5.06. The summed E-state index contributed by atoms with van der Waals surface area (Å²) in [7, 11) is 0. The zero-order valence-electron chi connectivity index (χ0n) is 13.2. The van der Waals surface area contributed by atoms with Gasteiger partial charge in [0.25, 0.3) is 5.78 Å². The second-order valence-electron chi connectivity index (χ2n) is 5.72. The molecular weight excluding hydrogens is 341 g/mol. The number of aromatic nitrogens is 1. The van der Waals surface area contributed by atoms with Crippen molar-refractivity contribution in [2.75, 3.05) is 13.2 Å². The molecule has 0 bridgehead atoms. The Morgan fingerprint density at radius 1 is 1.40 bits per heavy atom. The molecule has 9 heteroatoms. The van der Waals surface area contributed by atoms with Crippen molar-refractivity contribution in [1.82, 2.24) is 4.98 Å². The molecular formula is C16H15F3N2O4. The fourth-order valence-electron chi connectivity index (χ4n) is 2.93. The number of carbonyl (C=O) groups is 2. The van der Waals surface area contributed by atoms with Crippen molar-refractivity contribution in [3.8, 4) is 5.75 Å². The number of halogens is 3. The number of nitrogens with two attached hydrogens (primary N) is 1. The number of benzene rings is 1. The quantitative estimate of drug-likeness (QED) is 0.819. The highest BCUT2D eigenvalue weighted by molar-refractivity contribution is 6.00. The molecule has 0 saturated carbocycles. The van der Waals surface area contributed by atoms with E-state index in [-0.39, 0.29) is 24.5 Å². The predicted molar refractivity (Wildman–Crippen MR) is 81.4 cm³/mol. The van der Waals surface area contributed by atoms with Gasteiger partial charge < -0.3 is 20.2 Å². The van der Waals surface area contributed by atoms with E-state index in [0.29, 0.717) is 16.5 Å². The third kappa shape index (κ3) is 2.74. The van der Waals surface area contributed by atoms with Gasteiger partial charge in [-0.1, -0.05) is 6.07 Å². The van der Waals surface area contributed by atoms with E-state index in [0.717, 1.165) is 0 Å². The number of nitrogens with one attached hydrogen (secondary N) is 1. The number of fused-ring (bicyclic) bond motifs is 3. The van der Waals surface area contributed by atoms with Gasteiger partial charge in [0.05, 0.1) is 6.61 Å². The van der Waals surface area contributed by atoms with Gasteiger partial charge in [0.15, 0.2) is 5.60 Å². The number of rotatable bonds is 4. The lowest BCUT2D eigenvalue weighted by Gasteiger charge is -2.26. The summed E-state index contributed by atoms with van der Waals surface area (Å²) in [6.07, 6.45) is -5.35. The summed E-state index contributed by atoms with van der Waals surface area (Å²) in [5.41, 5.74) is 4.31. The Morgan fingerprint density at radius 3 is 2.72 bits per heavy atom. The minimum absolute atomic E-state index is 0.118. The summed E-state index contributed by atoms with van der Waals surface area (Å²) in [6, 6.07) is 4.58. The van der Waals surface area contributed by atoms with Gasteiger partial charge in [-0.05, 0) is 24.6 Å². The highest BCUT2D eigenvalue weighted by atomic mass is 19.4. The van der Waals surface area contributed by atoms with Gasteiger partial charge in [0.2, 0.25) is 0 Å². The van der Waals surface area contributed by atoms with Gasteiger partial charge in [-0.25, -0.2) is 4.79 Å². The fourth-order valence-corrected chi connectivity index (χ4v) is 2.93. The van der Waals surface area contributed by atoms with Crippen molar-refractivity contribution in [3.05, 3.63) is 29.5 Å². The van der Waals surface area contributed by atoms with Crippen molar-refractivity contribution in [2.24, 2.45) is 5.73 Å². The van der Waals surface area contributed by atoms with Gasteiger partial charge >= 0.3 is 12.1 Å². The summed E-state index contributed by atoms with van der Waals surface area (Å²) in [4.78, 5) is 26.5. The van der Waals surface area contributed by atoms with Crippen molar-refractivity contribution in [1.29, 1.82) is 0 Å². The first-order valence-corrected chi connectivity index (χ1v) is 7.54. The van der Waals surface area contributed by atoms with Crippen LogP contribution in [0.1, 0.15) is 23.0 Å². The molecule has 0 fully saturated rings. The number of esters is 1. The van der Waals surface area contributed by atoms with Gasteiger partial charge in [-0.3, -0.25) is 4.79 Å². The van der Waals surface area contributed by atoms with E-state index in [9.17, 15) is 22.8 Å². The fraction of sp³-hybridized carbons (Fsp3) is 0.375. The largest absolute Gasteiger partial charge is 0.476 e. The maximum absolute atomic E-state index is 12.9. The third-order valence-electron chi connectivity index (χ3n) is 4.11. The van der Waals surface area contributed by atoms with Crippen molar-refractivity contribution >= 4 is 22.7 Å². The van der Waals surface area contributed by atoms with Crippen molar-refractivity contribution in [2.45, 2.75) is 25.1 Å². The van der Waals surface area contributed by atoms with Gasteiger partial charge in [-0.15, -0.1) is 0 Å². The Morgan fingerprint density at radius 2 is 2.12 bits per heavy atom. The molecule has 0 radical (unpaired) electrons. The number of Topliss-reactive ketones (excluding diaryl/α,β-unsaturated/α-hetero) is 1. The first kappa shape index (κ1) is 17.3. The summed E-state index contributed by atoms with van der Waals surface area (Å²) >= 11 is 0. The molecule has 1 unspecified atom stereocenters. The molecule has 25 heavy (non-hydrogen) atoms. The third-order valence-corrected chi connectivity index (χ3v) is 4.11. The van der Waals surface area contributed by atoms with E-state index in [2.05, 4.69) is 4.98 Å². The average molecular weight is 356 g/mol. The number of carbonyl (C=O) groups excluding carboxylic acids is 2. The molecule has 3 rings (SSSR count). The average Bonchev–Trinajstić information content (AvgIpc) is 3.15. The maximum atomic E-state index is 12.9. The molecule has 0 spiro atoms. The molecule has 0 saturated heterocycles. The zero-order valence-corrected chi connectivity index (χ0v) is 13.2. The number of ketones is 1. The Hall–Kier alpha value is -2.55. The molecule has 134 valence electrons. The number of ether oxygens (including phenoxy) is 2. The predicted octanol–water partition coefficient (Wildman–Crippen LogP) is 2.11. The molecule has 1 atom stereocenters. The number of hydrogen-bond donors (Lipinski definition) is 2. The van der Waals surface area contributed by atoms with Crippen LogP contribution in [0.3, 0.4) is 0 Å². The molecule has 1 aromatic carbocycles. The molecule has 2 heterocycles. The van der Waals surface area contributed by atoms with E-state index >= 15 is 0 Å². The lowest BCUT2D eigenvalue weighted by atomic mass is 9.92. The summed E-state index contributed by atoms with van der Waals surface area (Å²) in [5.74, 6) is -2.50. The Labute approximate surface area is 140 Å². The van der Waals surface area contributed by atoms with Crippen LogP contribution in [-0.4, -0.2) is 41.7 Å². The van der Waals surface area contributed by atoms with Crippen molar-refractivity contribution in [3.63, 3.8) is 0 Å². The number of hydrogen-bond acceptors (Lipinski definition) is 5. The Balaban J connectivity index is 2.04. The minimum Gasteiger partial charge on any atom is -0.476 e. The van der Waals surface area contributed by atoms with Crippen LogP contribution in [0.4, 0.5) is 13.2 Å². The van der Waals surface area contributed by atoms with Crippen LogP contribution in [0.15, 0.2) is 18.2 Å². The molecule has 6 nitrogen and oxygen atoms in total. The molecule has 0 aliphatic carbocycles. The second-order valence-corrected chi connectivity index (χ2v) is 5.72. The maximum Gasteiger partial charge on any atom is 0.454 e. The number of aromatic amines is 1. The molecule has 1 aliphatic heterocycles. The van der Waals surface area contributed by atoms with Crippen molar-refractivity contribution < 1.29 is 32.2 Å². The summed E-state index contributed by atoms with van der Waals surface area (Å²) < 4.78 is 49.1. The first-order valence-electron chi connectivity index (χ1n) is 7.54. The molecule has 1 aromatic heterocycles. The monoisotopic (exact) mass is 356 g/mol. The van der Waals surface area contributed by atoms with Crippen LogP contribution in [0.25, 0.3) is 10.9 Å². The van der Waals surface area contributed by atoms with E-state index in [1.165, 1.54) is 6.07 Å². The molecule has 0 amide bonds. The molecule has 2 aromatic rings. The first-order chi connectivity index (χ1) is 11.7. The smallest absolute Gasteiger partial charge is 0.454 e. The van der Waals surface area contributed by atoms with Crippen LogP contribution in [0.5, 0.6) is 5.75 Å². The molecule has 1 aliphatic rings. The lowest BCUT2D eigenvalue weighted by Crippen LogP contribution is -2.55. The van der Waals surface area contributed by atoms with Crippen LogP contribution >= 0.6 is 0 Å². The van der Waals surface area contributed by atoms with E-state index in [1.807, 2.05) is 0 Å². The number of H-pyrrole nitrogens is 1. The topological polar surface area (TPSA) is 94.4 Å². The Kier molecular flexibility index (Phi) is 3.98. The van der Waals surface area contributed by atoms with E-state index in [1.54, 1.807) is 19.1 Å². The standard InChI is InChI=1S/C16H15F3N2O4/c1-2-24-13(22)11-5-9-10(21-11)4-3-8-6-15(7-20,25-12(8)9)14(23)16(17,18)19/h3-5,21H,2,6-7,20H2,1H3. The van der Waals surface area contributed by atoms with Gasteiger partial charge in [0.1, 0.15) is 11.4 Å². The van der Waals surface area contributed by atoms with E-state index < -0.39 is 30.1 Å². The molecule has 3 N–H and O–H groups in total. The highest BCUT2D eigenvalue weighted by Gasteiger charge is 2.57. The van der Waals surface area contributed by atoms with Crippen LogP contribution in [-0.2, 0) is 16.0 Å². The Bertz CT molecular complexity index is 859. The lowest BCUT2D eigenvalue weighted by molar-refractivity contribution is -0.185. The SMILES string of the molecule is CCOC(=O)c1cc2c3c(ccc2[nH]1)CC(CN)(C(=O)C(F)(F)F)O3. The van der Waals surface area contributed by atoms with Gasteiger partial charge in [-0.2, -0.15) is 13.2 Å². The van der Waals surface area contributed by atoms with E-state index in [4.69, 9.17) is 15.2 Å². The van der Waals surface area contributed by atoms with Crippen LogP contribution in [0, 0.1) is 0 Å². The number of alkyl halides is 3. The van der Waals surface area contributed by atoms with Crippen LogP contribution < -0.4 is 10.5 Å². The second kappa shape index (κ2) is 5.76. The summed E-state index contributed by atoms with van der Waals surface area (Å²) in [6.45, 7) is 1.22. The summed E-state index contributed by atoms with van der Waals surface area (Å²) in [5, 5.41) is 0.394. The zero-order chi connectivity index (χ0) is 18.4. The van der Waals surface area contributed by atoms with Gasteiger partial charge in [0, 0.05) is 23.9 Å². The normalized spacial score (nSPS) is 19.6. The highest BCUT2D eigenvalue weighted by Crippen LogP contribution is 2.43.